The van der Waals surface area contributed by atoms with E-state index in [4.69, 9.17) is 4.74 Å². The fourth-order valence-electron chi connectivity index (χ4n) is 2.58. The first kappa shape index (κ1) is 21.5. The monoisotopic (exact) mass is 402 g/mol. The maximum absolute atomic E-state index is 12.9. The van der Waals surface area contributed by atoms with Crippen molar-refractivity contribution in [1.82, 2.24) is 5.32 Å². The summed E-state index contributed by atoms with van der Waals surface area (Å²) in [5, 5.41) is 2.77. The van der Waals surface area contributed by atoms with Crippen LogP contribution in [-0.2, 0) is 16.4 Å². The van der Waals surface area contributed by atoms with Gasteiger partial charge in [-0.2, -0.15) is 0 Å². The zero-order valence-corrected chi connectivity index (χ0v) is 17.2. The number of hydrogen-bond donors (Lipinski definition) is 2. The second-order valence-electron chi connectivity index (χ2n) is 6.14. The molecule has 6 nitrogen and oxygen atoms in total. The lowest BCUT2D eigenvalue weighted by molar-refractivity contribution is 0.0954. The first-order chi connectivity index (χ1) is 13.4. The van der Waals surface area contributed by atoms with E-state index in [2.05, 4.69) is 10.0 Å². The summed E-state index contributed by atoms with van der Waals surface area (Å²) < 4.78 is 33.5. The molecule has 0 heterocycles. The molecule has 0 atom stereocenters. The first-order valence-electron chi connectivity index (χ1n) is 9.10. The number of benzene rings is 2. The average molecular weight is 403 g/mol. The SMILES string of the molecule is C/C=C/CCNC(=O)c1ccc(OC)c(S(=O)(=O)Nc2ccc(CC)cc2)c1. The Hall–Kier alpha value is -2.80. The van der Waals surface area contributed by atoms with Gasteiger partial charge in [-0.15, -0.1) is 0 Å². The molecule has 2 aromatic rings. The summed E-state index contributed by atoms with van der Waals surface area (Å²) in [5.74, 6) is -0.168. The summed E-state index contributed by atoms with van der Waals surface area (Å²) in [7, 11) is -2.54. The third-order valence-electron chi connectivity index (χ3n) is 4.16. The van der Waals surface area contributed by atoms with Crippen molar-refractivity contribution < 1.29 is 17.9 Å². The Bertz CT molecular complexity index is 935. The standard InChI is InChI=1S/C21H26N2O4S/c1-4-6-7-14-22-21(24)17-10-13-19(27-3)20(15-17)28(25,26)23-18-11-8-16(5-2)9-12-18/h4,6,8-13,15,23H,5,7,14H2,1-3H3,(H,22,24)/b6-4+. The van der Waals surface area contributed by atoms with Gasteiger partial charge in [-0.05, 0) is 55.7 Å². The number of methoxy groups -OCH3 is 1. The predicted molar refractivity (Wildman–Crippen MR) is 111 cm³/mol. The van der Waals surface area contributed by atoms with Crippen molar-refractivity contribution in [2.24, 2.45) is 0 Å². The summed E-state index contributed by atoms with van der Waals surface area (Å²) in [4.78, 5) is 12.2. The molecule has 0 aliphatic heterocycles. The van der Waals surface area contributed by atoms with E-state index in [-0.39, 0.29) is 22.1 Å². The van der Waals surface area contributed by atoms with E-state index in [1.165, 1.54) is 19.2 Å². The Morgan fingerprint density at radius 1 is 1.14 bits per heavy atom. The third kappa shape index (κ3) is 5.60. The minimum atomic E-state index is -3.93. The van der Waals surface area contributed by atoms with Gasteiger partial charge in [0.25, 0.3) is 15.9 Å². The molecule has 0 saturated carbocycles. The van der Waals surface area contributed by atoms with E-state index in [0.717, 1.165) is 12.0 Å². The number of rotatable bonds is 9. The molecule has 1 amide bonds. The van der Waals surface area contributed by atoms with Crippen LogP contribution in [0.3, 0.4) is 0 Å². The van der Waals surface area contributed by atoms with Gasteiger partial charge in [-0.1, -0.05) is 31.2 Å². The highest BCUT2D eigenvalue weighted by molar-refractivity contribution is 7.92. The first-order valence-corrected chi connectivity index (χ1v) is 10.6. The van der Waals surface area contributed by atoms with E-state index in [1.807, 2.05) is 38.1 Å². The van der Waals surface area contributed by atoms with Gasteiger partial charge in [-0.25, -0.2) is 8.42 Å². The number of nitrogens with one attached hydrogen (secondary N) is 2. The molecule has 0 aliphatic rings. The number of allylic oxidation sites excluding steroid dienone is 1. The van der Waals surface area contributed by atoms with Crippen molar-refractivity contribution in [2.45, 2.75) is 31.6 Å². The maximum Gasteiger partial charge on any atom is 0.265 e. The van der Waals surface area contributed by atoms with Crippen molar-refractivity contribution in [2.75, 3.05) is 18.4 Å². The summed E-state index contributed by atoms with van der Waals surface area (Å²) in [6.45, 7) is 4.41. The number of sulfonamides is 1. The van der Waals surface area contributed by atoms with Gasteiger partial charge in [0.2, 0.25) is 0 Å². The molecule has 0 bridgehead atoms. The quantitative estimate of drug-likeness (QED) is 0.494. The van der Waals surface area contributed by atoms with Gasteiger partial charge in [0.05, 0.1) is 7.11 Å². The van der Waals surface area contributed by atoms with Crippen LogP contribution >= 0.6 is 0 Å². The summed E-state index contributed by atoms with van der Waals surface area (Å²) >= 11 is 0. The lowest BCUT2D eigenvalue weighted by Crippen LogP contribution is -2.24. The van der Waals surface area contributed by atoms with E-state index in [9.17, 15) is 13.2 Å². The number of ether oxygens (including phenoxy) is 1. The molecule has 0 fully saturated rings. The molecule has 0 saturated heterocycles. The molecule has 2 aromatic carbocycles. The molecule has 7 heteroatoms. The summed E-state index contributed by atoms with van der Waals surface area (Å²) in [5.41, 5.74) is 1.81. The zero-order chi connectivity index (χ0) is 20.6. The fraction of sp³-hybridized carbons (Fsp3) is 0.286. The molecule has 2 N–H and O–H groups in total. The van der Waals surface area contributed by atoms with Crippen LogP contribution < -0.4 is 14.8 Å². The molecule has 0 aromatic heterocycles. The van der Waals surface area contributed by atoms with Crippen LogP contribution in [0.15, 0.2) is 59.5 Å². The van der Waals surface area contributed by atoms with E-state index in [0.29, 0.717) is 18.7 Å². The van der Waals surface area contributed by atoms with Crippen LogP contribution in [0.5, 0.6) is 5.75 Å². The van der Waals surface area contributed by atoms with Gasteiger partial charge in [0.1, 0.15) is 10.6 Å². The van der Waals surface area contributed by atoms with Gasteiger partial charge in [0.15, 0.2) is 0 Å². The Balaban J connectivity index is 2.26. The lowest BCUT2D eigenvalue weighted by Gasteiger charge is -2.13. The Morgan fingerprint density at radius 3 is 2.46 bits per heavy atom. The van der Waals surface area contributed by atoms with Crippen LogP contribution in [-0.4, -0.2) is 28.0 Å². The van der Waals surface area contributed by atoms with Crippen LogP contribution in [0, 0.1) is 0 Å². The van der Waals surface area contributed by atoms with Crippen LogP contribution in [0.4, 0.5) is 5.69 Å². The van der Waals surface area contributed by atoms with Crippen molar-refractivity contribution in [3.05, 3.63) is 65.7 Å². The molecule has 2 rings (SSSR count). The summed E-state index contributed by atoms with van der Waals surface area (Å²) in [6.07, 6.45) is 5.42. The van der Waals surface area contributed by atoms with E-state index >= 15 is 0 Å². The van der Waals surface area contributed by atoms with Crippen LogP contribution in [0.2, 0.25) is 0 Å². The molecule has 0 radical (unpaired) electrons. The fourth-order valence-corrected chi connectivity index (χ4v) is 3.84. The van der Waals surface area contributed by atoms with Gasteiger partial charge >= 0.3 is 0 Å². The molecule has 0 spiro atoms. The number of aryl methyl sites for hydroxylation is 1. The topological polar surface area (TPSA) is 84.5 Å². The predicted octanol–water partition coefficient (Wildman–Crippen LogP) is 3.75. The van der Waals surface area contributed by atoms with Crippen LogP contribution in [0.1, 0.15) is 36.2 Å². The maximum atomic E-state index is 12.9. The second kappa shape index (κ2) is 9.94. The van der Waals surface area contributed by atoms with Gasteiger partial charge < -0.3 is 10.1 Å². The highest BCUT2D eigenvalue weighted by Crippen LogP contribution is 2.27. The minimum Gasteiger partial charge on any atom is -0.495 e. The molecule has 0 unspecified atom stereocenters. The van der Waals surface area contributed by atoms with Crippen molar-refractivity contribution >= 4 is 21.6 Å². The van der Waals surface area contributed by atoms with Crippen molar-refractivity contribution in [3.63, 3.8) is 0 Å². The number of carbonyl (C=O) groups is 1. The van der Waals surface area contributed by atoms with Gasteiger partial charge in [-0.3, -0.25) is 9.52 Å². The molecular formula is C21H26N2O4S. The largest absolute Gasteiger partial charge is 0.495 e. The molecule has 28 heavy (non-hydrogen) atoms. The van der Waals surface area contributed by atoms with Crippen LogP contribution in [0.25, 0.3) is 0 Å². The minimum absolute atomic E-state index is 0.0873. The Labute approximate surface area is 166 Å². The number of hydrogen-bond acceptors (Lipinski definition) is 4. The number of amides is 1. The lowest BCUT2D eigenvalue weighted by atomic mass is 10.2. The number of carbonyl (C=O) groups excluding carboxylic acids is 1. The Kier molecular flexibility index (Phi) is 7.63. The smallest absolute Gasteiger partial charge is 0.265 e. The summed E-state index contributed by atoms with van der Waals surface area (Å²) in [6, 6.07) is 11.5. The molecular weight excluding hydrogens is 376 g/mol. The second-order valence-corrected chi connectivity index (χ2v) is 7.79. The Morgan fingerprint density at radius 2 is 1.86 bits per heavy atom. The van der Waals surface area contributed by atoms with E-state index in [1.54, 1.807) is 18.2 Å². The molecule has 150 valence electrons. The highest BCUT2D eigenvalue weighted by Gasteiger charge is 2.22. The van der Waals surface area contributed by atoms with Crippen molar-refractivity contribution in [1.29, 1.82) is 0 Å². The average Bonchev–Trinajstić information content (AvgIpc) is 2.71. The van der Waals surface area contributed by atoms with Crippen molar-refractivity contribution in [3.8, 4) is 5.75 Å². The zero-order valence-electron chi connectivity index (χ0n) is 16.4. The van der Waals surface area contributed by atoms with Gasteiger partial charge in [0, 0.05) is 17.8 Å². The van der Waals surface area contributed by atoms with E-state index < -0.39 is 10.0 Å². The normalized spacial score (nSPS) is 11.4. The third-order valence-corrected chi connectivity index (χ3v) is 5.56. The molecule has 0 aliphatic carbocycles. The highest BCUT2D eigenvalue weighted by atomic mass is 32.2. The number of anilines is 1.